The normalized spacial score (nSPS) is 12.8. The van der Waals surface area contributed by atoms with Gasteiger partial charge >= 0.3 is 0 Å². The van der Waals surface area contributed by atoms with Crippen LogP contribution in [-0.4, -0.2) is 0 Å². The minimum absolute atomic E-state index is 0.131. The fourth-order valence-electron chi connectivity index (χ4n) is 6.47. The molecule has 0 aromatic heterocycles. The smallest absolute Gasteiger partial charge is 0.0511 e. The summed E-state index contributed by atoms with van der Waals surface area (Å²) >= 11 is 0. The standard InChI is InChI=1S/C41H32/c1-41(2)37-27-33(39(29-15-7-3-8-16-29)30-17-9-4-10-18-30)23-25-35(37)36-26-24-34(28-38(36)41)40(31-19-11-5-12-20-31)32-21-13-6-14-22-32/h3-28H,1-2H3/q+2. The summed E-state index contributed by atoms with van der Waals surface area (Å²) in [6.45, 7) is 4.75. The van der Waals surface area contributed by atoms with Crippen molar-refractivity contribution in [2.75, 3.05) is 0 Å². The minimum atomic E-state index is -0.131. The highest BCUT2D eigenvalue weighted by atomic mass is 14.4. The van der Waals surface area contributed by atoms with Gasteiger partial charge in [-0.2, -0.15) is 0 Å². The van der Waals surface area contributed by atoms with Crippen LogP contribution in [0, 0.1) is 11.8 Å². The van der Waals surface area contributed by atoms with Gasteiger partial charge in [-0.3, -0.25) is 0 Å². The van der Waals surface area contributed by atoms with Crippen LogP contribution < -0.4 is 0 Å². The Morgan fingerprint density at radius 3 is 0.927 bits per heavy atom. The van der Waals surface area contributed by atoms with E-state index in [2.05, 4.69) is 172 Å². The molecule has 0 radical (unpaired) electrons. The predicted molar refractivity (Wildman–Crippen MR) is 171 cm³/mol. The molecule has 194 valence electrons. The van der Waals surface area contributed by atoms with Crippen LogP contribution in [-0.2, 0) is 5.41 Å². The monoisotopic (exact) mass is 524 g/mol. The summed E-state index contributed by atoms with van der Waals surface area (Å²) in [5.41, 5.74) is 12.7. The van der Waals surface area contributed by atoms with E-state index in [0.717, 1.165) is 0 Å². The molecule has 0 spiro atoms. The van der Waals surface area contributed by atoms with Crippen molar-refractivity contribution in [3.63, 3.8) is 0 Å². The molecule has 0 N–H and O–H groups in total. The molecule has 1 aliphatic carbocycles. The maximum Gasteiger partial charge on any atom is 0.0632 e. The highest BCUT2D eigenvalue weighted by Gasteiger charge is 2.39. The third-order valence-corrected chi connectivity index (χ3v) is 8.50. The van der Waals surface area contributed by atoms with Crippen molar-refractivity contribution in [1.82, 2.24) is 0 Å². The van der Waals surface area contributed by atoms with E-state index < -0.39 is 0 Å². The first-order valence-electron chi connectivity index (χ1n) is 14.4. The van der Waals surface area contributed by atoms with E-state index in [0.29, 0.717) is 0 Å². The number of benzene rings is 6. The summed E-state index contributed by atoms with van der Waals surface area (Å²) in [6.07, 6.45) is 0. The van der Waals surface area contributed by atoms with Crippen LogP contribution in [0.15, 0.2) is 158 Å². The van der Waals surface area contributed by atoms with E-state index in [-0.39, 0.29) is 5.41 Å². The summed E-state index contributed by atoms with van der Waals surface area (Å²) in [5, 5.41) is 0. The molecule has 0 heteroatoms. The van der Waals surface area contributed by atoms with E-state index in [9.17, 15) is 0 Å². The molecule has 0 amide bonds. The molecule has 6 aromatic rings. The Kier molecular flexibility index (Phi) is 6.25. The number of hydrogen-bond acceptors (Lipinski definition) is 0. The highest BCUT2D eigenvalue weighted by Crippen LogP contribution is 2.51. The average molecular weight is 525 g/mol. The van der Waals surface area contributed by atoms with Crippen molar-refractivity contribution in [3.05, 3.63) is 214 Å². The van der Waals surface area contributed by atoms with E-state index >= 15 is 0 Å². The van der Waals surface area contributed by atoms with Gasteiger partial charge in [0.15, 0.2) is 0 Å². The first-order valence-corrected chi connectivity index (χ1v) is 14.4. The van der Waals surface area contributed by atoms with Crippen molar-refractivity contribution in [3.8, 4) is 11.1 Å². The molecule has 0 saturated carbocycles. The van der Waals surface area contributed by atoms with E-state index in [1.165, 1.54) is 67.5 Å². The third kappa shape index (κ3) is 4.42. The zero-order valence-corrected chi connectivity index (χ0v) is 23.5. The van der Waals surface area contributed by atoms with Gasteiger partial charge < -0.3 is 0 Å². The molecule has 0 unspecified atom stereocenters. The van der Waals surface area contributed by atoms with Gasteiger partial charge in [0.05, 0.1) is 45.2 Å². The van der Waals surface area contributed by atoms with Crippen LogP contribution >= 0.6 is 0 Å². The highest BCUT2D eigenvalue weighted by molar-refractivity contribution is 5.83. The van der Waals surface area contributed by atoms with E-state index in [1.54, 1.807) is 0 Å². The van der Waals surface area contributed by atoms with Crippen LogP contribution in [0.5, 0.6) is 0 Å². The molecule has 0 heterocycles. The molecule has 0 aliphatic heterocycles. The third-order valence-electron chi connectivity index (χ3n) is 8.50. The number of fused-ring (bicyclic) bond motifs is 3. The Morgan fingerprint density at radius 2 is 0.634 bits per heavy atom. The van der Waals surface area contributed by atoms with Gasteiger partial charge in [-0.25, -0.2) is 0 Å². The quantitative estimate of drug-likeness (QED) is 0.150. The van der Waals surface area contributed by atoms with Gasteiger partial charge in [-0.05, 0) is 156 Å². The molecule has 0 fully saturated rings. The van der Waals surface area contributed by atoms with E-state index in [4.69, 9.17) is 0 Å². The molecule has 0 nitrogen and oxygen atoms in total. The zero-order chi connectivity index (χ0) is 27.8. The zero-order valence-electron chi connectivity index (χ0n) is 23.5. The molecular weight excluding hydrogens is 492 g/mol. The number of hydrogen-bond donors (Lipinski definition) is 0. The predicted octanol–water partition coefficient (Wildman–Crippen LogP) is 10.0. The Labute approximate surface area is 244 Å². The van der Waals surface area contributed by atoms with Crippen molar-refractivity contribution >= 4 is 0 Å². The first kappa shape index (κ1) is 25.1. The van der Waals surface area contributed by atoms with Crippen molar-refractivity contribution in [1.29, 1.82) is 0 Å². The lowest BCUT2D eigenvalue weighted by Crippen LogP contribution is -2.17. The molecule has 0 atom stereocenters. The van der Waals surface area contributed by atoms with Crippen molar-refractivity contribution in [2.45, 2.75) is 19.3 Å². The van der Waals surface area contributed by atoms with Gasteiger partial charge in [0.25, 0.3) is 0 Å². The van der Waals surface area contributed by atoms with Crippen LogP contribution in [0.25, 0.3) is 11.1 Å². The van der Waals surface area contributed by atoms with Crippen molar-refractivity contribution < 1.29 is 0 Å². The molecule has 41 heavy (non-hydrogen) atoms. The molecule has 1 aliphatic rings. The Bertz CT molecular complexity index is 1570. The Morgan fingerprint density at radius 1 is 0.341 bits per heavy atom. The maximum absolute atomic E-state index is 2.43. The SMILES string of the molecule is CC1(C)c2cc([C+](c3ccccc3)c3ccccc3)ccc2-c2ccc([C+](c3ccccc3)c3ccccc3)cc21. The average Bonchev–Trinajstić information content (AvgIpc) is 3.25. The molecule has 0 bridgehead atoms. The van der Waals surface area contributed by atoms with Crippen LogP contribution in [0.2, 0.25) is 0 Å². The van der Waals surface area contributed by atoms with Gasteiger partial charge in [0, 0.05) is 5.41 Å². The minimum Gasteiger partial charge on any atom is -0.0511 e. The second-order valence-corrected chi connectivity index (χ2v) is 11.4. The molecular formula is C41H32+2. The Balaban J connectivity index is 1.34. The summed E-state index contributed by atoms with van der Waals surface area (Å²) in [7, 11) is 0. The summed E-state index contributed by atoms with van der Waals surface area (Å²) in [5.74, 6) is 2.54. The second kappa shape index (κ2) is 10.2. The van der Waals surface area contributed by atoms with Gasteiger partial charge in [0.2, 0.25) is 0 Å². The largest absolute Gasteiger partial charge is 0.0632 e. The fraction of sp³-hybridized carbons (Fsp3) is 0.0732. The van der Waals surface area contributed by atoms with Gasteiger partial charge in [0.1, 0.15) is 0 Å². The summed E-state index contributed by atoms with van der Waals surface area (Å²) in [6, 6.07) is 57.2. The molecule has 0 saturated heterocycles. The first-order chi connectivity index (χ1) is 20.1. The van der Waals surface area contributed by atoms with E-state index in [1.807, 2.05) is 0 Å². The summed E-state index contributed by atoms with van der Waals surface area (Å²) < 4.78 is 0. The maximum atomic E-state index is 2.43. The molecule has 7 rings (SSSR count). The Hall–Kier alpha value is -4.94. The van der Waals surface area contributed by atoms with Gasteiger partial charge in [-0.15, -0.1) is 0 Å². The summed E-state index contributed by atoms with van der Waals surface area (Å²) in [4.78, 5) is 0. The van der Waals surface area contributed by atoms with Crippen LogP contribution in [0.1, 0.15) is 58.4 Å². The van der Waals surface area contributed by atoms with Crippen LogP contribution in [0.3, 0.4) is 0 Å². The lowest BCUT2D eigenvalue weighted by Gasteiger charge is -2.22. The number of rotatable bonds is 6. The van der Waals surface area contributed by atoms with Gasteiger partial charge in [-0.1, -0.05) is 38.1 Å². The lowest BCUT2D eigenvalue weighted by molar-refractivity contribution is 0.659. The second-order valence-electron chi connectivity index (χ2n) is 11.4. The fourth-order valence-corrected chi connectivity index (χ4v) is 6.47. The topological polar surface area (TPSA) is 0 Å². The lowest BCUT2D eigenvalue weighted by atomic mass is 9.77. The molecule has 6 aromatic carbocycles. The van der Waals surface area contributed by atoms with Crippen LogP contribution in [0.4, 0.5) is 0 Å². The van der Waals surface area contributed by atoms with Crippen molar-refractivity contribution in [2.24, 2.45) is 0 Å².